The molecule has 4 heteroatoms. The van der Waals surface area contributed by atoms with Gasteiger partial charge in [-0.2, -0.15) is 0 Å². The van der Waals surface area contributed by atoms with Gasteiger partial charge in [0.1, 0.15) is 0 Å². The second-order valence-corrected chi connectivity index (χ2v) is 7.53. The minimum atomic E-state index is -0.404. The molecule has 0 atom stereocenters. The van der Waals surface area contributed by atoms with Crippen LogP contribution in [0, 0.1) is 5.41 Å². The van der Waals surface area contributed by atoms with Crippen LogP contribution in [0.1, 0.15) is 20.8 Å². The second-order valence-electron chi connectivity index (χ2n) is 7.53. The molecule has 4 nitrogen and oxygen atoms in total. The molecule has 0 aliphatic carbocycles. The Morgan fingerprint density at radius 1 is 0.840 bits per heavy atom. The lowest BCUT2D eigenvalue weighted by Crippen LogP contribution is -2.46. The van der Waals surface area contributed by atoms with Gasteiger partial charge in [0, 0.05) is 37.3 Å². The van der Waals surface area contributed by atoms with Crippen molar-refractivity contribution in [2.24, 2.45) is 5.41 Å². The van der Waals surface area contributed by atoms with E-state index in [-0.39, 0.29) is 5.91 Å². The normalized spacial score (nSPS) is 15.2. The molecule has 0 spiro atoms. The summed E-state index contributed by atoms with van der Waals surface area (Å²) in [6.45, 7) is 9.64. The maximum Gasteiger partial charge on any atom is 0.229 e. The summed E-state index contributed by atoms with van der Waals surface area (Å²) < 4.78 is 0. The molecular weight excluding hydrogens is 310 g/mol. The van der Waals surface area contributed by atoms with E-state index < -0.39 is 5.41 Å². The third-order valence-corrected chi connectivity index (χ3v) is 4.58. The summed E-state index contributed by atoms with van der Waals surface area (Å²) in [5.74, 6) is 0.0443. The number of rotatable bonds is 3. The van der Waals surface area contributed by atoms with E-state index in [2.05, 4.69) is 45.4 Å². The summed E-state index contributed by atoms with van der Waals surface area (Å²) in [6, 6.07) is 18.6. The van der Waals surface area contributed by atoms with E-state index in [0.717, 1.165) is 37.6 Å². The average Bonchev–Trinajstić information content (AvgIpc) is 2.62. The molecule has 1 N–H and O–H groups in total. The first-order valence-electron chi connectivity index (χ1n) is 8.90. The molecule has 0 aromatic heterocycles. The average molecular weight is 337 g/mol. The molecule has 1 saturated heterocycles. The van der Waals surface area contributed by atoms with Crippen molar-refractivity contribution in [1.29, 1.82) is 0 Å². The number of carbonyl (C=O) groups is 1. The van der Waals surface area contributed by atoms with Gasteiger partial charge < -0.3 is 15.1 Å². The minimum absolute atomic E-state index is 0.0443. The summed E-state index contributed by atoms with van der Waals surface area (Å²) >= 11 is 0. The van der Waals surface area contributed by atoms with Crippen molar-refractivity contribution >= 4 is 23.0 Å². The standard InChI is InChI=1S/C21H27N3O/c1-21(2,3)20(25)22-18-11-7-8-12-19(18)24-15-13-23(14-16-24)17-9-5-4-6-10-17/h4-12H,13-16H2,1-3H3,(H,22,25). The van der Waals surface area contributed by atoms with Gasteiger partial charge in [0.2, 0.25) is 5.91 Å². The highest BCUT2D eigenvalue weighted by molar-refractivity contribution is 5.97. The van der Waals surface area contributed by atoms with E-state index in [1.54, 1.807) is 0 Å². The largest absolute Gasteiger partial charge is 0.368 e. The molecule has 2 aromatic rings. The van der Waals surface area contributed by atoms with Gasteiger partial charge in [0.25, 0.3) is 0 Å². The number of nitrogens with zero attached hydrogens (tertiary/aromatic N) is 2. The fourth-order valence-corrected chi connectivity index (χ4v) is 3.01. The van der Waals surface area contributed by atoms with E-state index in [4.69, 9.17) is 0 Å². The van der Waals surface area contributed by atoms with Crippen LogP contribution in [0.3, 0.4) is 0 Å². The number of carbonyl (C=O) groups excluding carboxylic acids is 1. The van der Waals surface area contributed by atoms with Gasteiger partial charge in [0.05, 0.1) is 11.4 Å². The van der Waals surface area contributed by atoms with E-state index in [9.17, 15) is 4.79 Å². The smallest absolute Gasteiger partial charge is 0.229 e. The molecule has 3 rings (SSSR count). The number of nitrogens with one attached hydrogen (secondary N) is 1. The molecular formula is C21H27N3O. The van der Waals surface area contributed by atoms with E-state index in [0.29, 0.717) is 0 Å². The fourth-order valence-electron chi connectivity index (χ4n) is 3.01. The van der Waals surface area contributed by atoms with Crippen LogP contribution >= 0.6 is 0 Å². The summed E-state index contributed by atoms with van der Waals surface area (Å²) in [6.07, 6.45) is 0. The Balaban J connectivity index is 1.70. The summed E-state index contributed by atoms with van der Waals surface area (Å²) in [5.41, 5.74) is 2.87. The first-order valence-corrected chi connectivity index (χ1v) is 8.90. The first-order chi connectivity index (χ1) is 11.9. The zero-order chi connectivity index (χ0) is 17.9. The zero-order valence-corrected chi connectivity index (χ0v) is 15.3. The number of piperazine rings is 1. The molecule has 1 amide bonds. The molecule has 0 bridgehead atoms. The Morgan fingerprint density at radius 3 is 2.04 bits per heavy atom. The fraction of sp³-hybridized carbons (Fsp3) is 0.381. The highest BCUT2D eigenvalue weighted by Gasteiger charge is 2.24. The molecule has 2 aromatic carbocycles. The third-order valence-electron chi connectivity index (χ3n) is 4.58. The zero-order valence-electron chi connectivity index (χ0n) is 15.3. The Bertz CT molecular complexity index is 713. The maximum atomic E-state index is 12.4. The first kappa shape index (κ1) is 17.3. The molecule has 0 radical (unpaired) electrons. The topological polar surface area (TPSA) is 35.6 Å². The van der Waals surface area contributed by atoms with Crippen LogP contribution in [0.25, 0.3) is 0 Å². The number of amides is 1. The van der Waals surface area contributed by atoms with Gasteiger partial charge in [-0.25, -0.2) is 0 Å². The molecule has 1 aliphatic heterocycles. The number of hydrogen-bond acceptors (Lipinski definition) is 3. The van der Waals surface area contributed by atoms with E-state index in [1.807, 2.05) is 45.0 Å². The van der Waals surface area contributed by atoms with Crippen LogP contribution in [-0.4, -0.2) is 32.1 Å². The van der Waals surface area contributed by atoms with E-state index in [1.165, 1.54) is 5.69 Å². The van der Waals surface area contributed by atoms with Crippen LogP contribution in [0.5, 0.6) is 0 Å². The van der Waals surface area contributed by atoms with Crippen molar-refractivity contribution in [3.8, 4) is 0 Å². The predicted molar refractivity (Wildman–Crippen MR) is 105 cm³/mol. The molecule has 0 unspecified atom stereocenters. The number of anilines is 3. The Morgan fingerprint density at radius 2 is 1.40 bits per heavy atom. The van der Waals surface area contributed by atoms with Gasteiger partial charge in [-0.3, -0.25) is 4.79 Å². The van der Waals surface area contributed by atoms with Crippen LogP contribution in [0.2, 0.25) is 0 Å². The molecule has 1 aliphatic rings. The monoisotopic (exact) mass is 337 g/mol. The lowest BCUT2D eigenvalue weighted by atomic mass is 9.95. The van der Waals surface area contributed by atoms with Crippen LogP contribution in [0.15, 0.2) is 54.6 Å². The maximum absolute atomic E-state index is 12.4. The van der Waals surface area contributed by atoms with Crippen molar-refractivity contribution < 1.29 is 4.79 Å². The summed E-state index contributed by atoms with van der Waals surface area (Å²) in [4.78, 5) is 17.1. The summed E-state index contributed by atoms with van der Waals surface area (Å²) in [7, 11) is 0. The highest BCUT2D eigenvalue weighted by atomic mass is 16.2. The Labute approximate surface area is 150 Å². The second kappa shape index (κ2) is 7.18. The molecule has 1 fully saturated rings. The van der Waals surface area contributed by atoms with Gasteiger partial charge in [-0.15, -0.1) is 0 Å². The minimum Gasteiger partial charge on any atom is -0.368 e. The molecule has 1 heterocycles. The Kier molecular flexibility index (Phi) is 4.98. The lowest BCUT2D eigenvalue weighted by Gasteiger charge is -2.38. The van der Waals surface area contributed by atoms with Crippen molar-refractivity contribution in [1.82, 2.24) is 0 Å². The van der Waals surface area contributed by atoms with E-state index >= 15 is 0 Å². The molecule has 25 heavy (non-hydrogen) atoms. The van der Waals surface area contributed by atoms with Crippen LogP contribution < -0.4 is 15.1 Å². The van der Waals surface area contributed by atoms with Crippen LogP contribution in [-0.2, 0) is 4.79 Å². The van der Waals surface area contributed by atoms with Gasteiger partial charge in [0.15, 0.2) is 0 Å². The SMILES string of the molecule is CC(C)(C)C(=O)Nc1ccccc1N1CCN(c2ccccc2)CC1. The predicted octanol–water partition coefficient (Wildman–Crippen LogP) is 4.00. The third kappa shape index (κ3) is 4.13. The summed E-state index contributed by atoms with van der Waals surface area (Å²) in [5, 5.41) is 3.10. The van der Waals surface area contributed by atoms with Gasteiger partial charge >= 0.3 is 0 Å². The van der Waals surface area contributed by atoms with Crippen molar-refractivity contribution in [3.05, 3.63) is 54.6 Å². The van der Waals surface area contributed by atoms with Gasteiger partial charge in [-0.1, -0.05) is 51.1 Å². The number of benzene rings is 2. The van der Waals surface area contributed by atoms with Crippen molar-refractivity contribution in [2.45, 2.75) is 20.8 Å². The highest BCUT2D eigenvalue weighted by Crippen LogP contribution is 2.29. The lowest BCUT2D eigenvalue weighted by molar-refractivity contribution is -0.123. The molecule has 0 saturated carbocycles. The Hall–Kier alpha value is -2.49. The molecule has 132 valence electrons. The number of para-hydroxylation sites is 3. The number of hydrogen-bond donors (Lipinski definition) is 1. The van der Waals surface area contributed by atoms with Crippen LogP contribution in [0.4, 0.5) is 17.1 Å². The van der Waals surface area contributed by atoms with Crippen molar-refractivity contribution in [3.63, 3.8) is 0 Å². The van der Waals surface area contributed by atoms with Crippen molar-refractivity contribution in [2.75, 3.05) is 41.3 Å². The quantitative estimate of drug-likeness (QED) is 0.919. The van der Waals surface area contributed by atoms with Gasteiger partial charge in [-0.05, 0) is 24.3 Å².